The number of nitrogens with one attached hydrogen (secondary N) is 1. The van der Waals surface area contributed by atoms with Crippen molar-refractivity contribution in [2.45, 2.75) is 32.7 Å². The summed E-state index contributed by atoms with van der Waals surface area (Å²) in [4.78, 5) is 0. The van der Waals surface area contributed by atoms with Crippen LogP contribution in [0.4, 0.5) is 0 Å². The highest BCUT2D eigenvalue weighted by atomic mass is 79.9. The van der Waals surface area contributed by atoms with Crippen LogP contribution in [0.15, 0.2) is 27.1 Å². The van der Waals surface area contributed by atoms with Gasteiger partial charge in [0.15, 0.2) is 0 Å². The summed E-state index contributed by atoms with van der Waals surface area (Å²) in [5.74, 6) is 1.06. The fourth-order valence-corrected chi connectivity index (χ4v) is 2.43. The van der Waals surface area contributed by atoms with E-state index in [9.17, 15) is 0 Å². The molecule has 1 aromatic carbocycles. The van der Waals surface area contributed by atoms with Gasteiger partial charge in [-0.3, -0.25) is 0 Å². The van der Waals surface area contributed by atoms with Gasteiger partial charge < -0.3 is 9.73 Å². The second-order valence-corrected chi connectivity index (χ2v) is 6.87. The summed E-state index contributed by atoms with van der Waals surface area (Å²) in [7, 11) is 0. The van der Waals surface area contributed by atoms with Crippen LogP contribution in [0.25, 0.3) is 11.5 Å². The van der Waals surface area contributed by atoms with E-state index < -0.39 is 0 Å². The van der Waals surface area contributed by atoms with E-state index in [2.05, 4.69) is 52.2 Å². The van der Waals surface area contributed by atoms with Gasteiger partial charge in [0, 0.05) is 23.0 Å². The van der Waals surface area contributed by atoms with Gasteiger partial charge in [-0.2, -0.15) is 0 Å². The molecule has 0 spiro atoms. The van der Waals surface area contributed by atoms with E-state index in [4.69, 9.17) is 16.0 Å². The molecular formula is C14H17BrClN3O. The molecular weight excluding hydrogens is 342 g/mol. The monoisotopic (exact) mass is 357 g/mol. The highest BCUT2D eigenvalue weighted by Crippen LogP contribution is 2.29. The van der Waals surface area contributed by atoms with Crippen LogP contribution in [-0.2, 0) is 6.42 Å². The molecule has 0 radical (unpaired) electrons. The molecule has 1 heterocycles. The predicted molar refractivity (Wildman–Crippen MR) is 83.9 cm³/mol. The van der Waals surface area contributed by atoms with Crippen molar-refractivity contribution in [1.82, 2.24) is 15.5 Å². The summed E-state index contributed by atoms with van der Waals surface area (Å²) in [6.45, 7) is 7.15. The number of halogens is 2. The van der Waals surface area contributed by atoms with Gasteiger partial charge in [-0.15, -0.1) is 10.2 Å². The maximum Gasteiger partial charge on any atom is 0.249 e. The molecule has 0 amide bonds. The Morgan fingerprint density at radius 2 is 2.05 bits per heavy atom. The summed E-state index contributed by atoms with van der Waals surface area (Å²) in [5, 5.41) is 12.1. The lowest BCUT2D eigenvalue weighted by Gasteiger charge is -2.19. The first-order valence-corrected chi connectivity index (χ1v) is 7.55. The molecule has 0 unspecified atom stereocenters. The maximum absolute atomic E-state index is 6.17. The zero-order chi connectivity index (χ0) is 14.8. The molecule has 2 aromatic rings. The van der Waals surface area contributed by atoms with Crippen molar-refractivity contribution in [2.75, 3.05) is 6.54 Å². The average Bonchev–Trinajstić information content (AvgIpc) is 2.75. The Balaban J connectivity index is 2.05. The molecule has 108 valence electrons. The van der Waals surface area contributed by atoms with Gasteiger partial charge in [0.2, 0.25) is 11.8 Å². The average molecular weight is 359 g/mol. The van der Waals surface area contributed by atoms with E-state index in [1.54, 1.807) is 0 Å². The van der Waals surface area contributed by atoms with E-state index in [-0.39, 0.29) is 5.54 Å². The Bertz CT molecular complexity index is 592. The standard InChI is InChI=1S/C14H17BrClN3O/c1-14(2,3)17-7-6-12-18-19-13(20-12)10-5-4-9(15)8-11(10)16/h4-5,8,17H,6-7H2,1-3H3. The highest BCUT2D eigenvalue weighted by molar-refractivity contribution is 9.10. The molecule has 1 N–H and O–H groups in total. The van der Waals surface area contributed by atoms with Crippen molar-refractivity contribution in [1.29, 1.82) is 0 Å². The molecule has 1 aromatic heterocycles. The lowest BCUT2D eigenvalue weighted by molar-refractivity contribution is 0.412. The molecule has 0 aliphatic carbocycles. The predicted octanol–water partition coefficient (Wildman–Crippen LogP) is 4.08. The second-order valence-electron chi connectivity index (χ2n) is 5.55. The van der Waals surface area contributed by atoms with Crippen LogP contribution < -0.4 is 5.32 Å². The van der Waals surface area contributed by atoms with Crippen LogP contribution in [0.3, 0.4) is 0 Å². The van der Waals surface area contributed by atoms with Crippen LogP contribution in [0.1, 0.15) is 26.7 Å². The van der Waals surface area contributed by atoms with Gasteiger partial charge in [0.05, 0.1) is 10.6 Å². The Morgan fingerprint density at radius 1 is 1.30 bits per heavy atom. The first-order chi connectivity index (χ1) is 9.35. The van der Waals surface area contributed by atoms with Crippen molar-refractivity contribution in [2.24, 2.45) is 0 Å². The number of benzene rings is 1. The van der Waals surface area contributed by atoms with Crippen molar-refractivity contribution < 1.29 is 4.42 Å². The number of hydrogen-bond donors (Lipinski definition) is 1. The lowest BCUT2D eigenvalue weighted by Crippen LogP contribution is -2.37. The Hall–Kier alpha value is -0.910. The van der Waals surface area contributed by atoms with Crippen LogP contribution in [0.5, 0.6) is 0 Å². The van der Waals surface area contributed by atoms with Gasteiger partial charge in [-0.1, -0.05) is 27.5 Å². The molecule has 0 aliphatic rings. The summed E-state index contributed by atoms with van der Waals surface area (Å²) >= 11 is 9.53. The molecule has 0 fully saturated rings. The van der Waals surface area contributed by atoms with E-state index in [0.717, 1.165) is 16.6 Å². The van der Waals surface area contributed by atoms with E-state index in [0.29, 0.717) is 23.2 Å². The third kappa shape index (κ3) is 4.30. The number of aromatic nitrogens is 2. The molecule has 0 saturated heterocycles. The Labute approximate surface area is 132 Å². The van der Waals surface area contributed by atoms with E-state index >= 15 is 0 Å². The largest absolute Gasteiger partial charge is 0.421 e. The molecule has 0 saturated carbocycles. The zero-order valence-electron chi connectivity index (χ0n) is 11.7. The number of nitrogens with zero attached hydrogens (tertiary/aromatic N) is 2. The Kier molecular flexibility index (Phi) is 4.83. The van der Waals surface area contributed by atoms with Crippen LogP contribution in [-0.4, -0.2) is 22.3 Å². The maximum atomic E-state index is 6.17. The second kappa shape index (κ2) is 6.24. The van der Waals surface area contributed by atoms with Crippen molar-refractivity contribution >= 4 is 27.5 Å². The third-order valence-corrected chi connectivity index (χ3v) is 3.43. The quantitative estimate of drug-likeness (QED) is 0.894. The molecule has 0 atom stereocenters. The van der Waals surface area contributed by atoms with Gasteiger partial charge in [0.25, 0.3) is 0 Å². The SMILES string of the molecule is CC(C)(C)NCCc1nnc(-c2ccc(Br)cc2Cl)o1. The summed E-state index contributed by atoms with van der Waals surface area (Å²) in [5.41, 5.74) is 0.829. The first-order valence-electron chi connectivity index (χ1n) is 6.38. The van der Waals surface area contributed by atoms with Crippen molar-refractivity contribution in [3.8, 4) is 11.5 Å². The van der Waals surface area contributed by atoms with Crippen LogP contribution >= 0.6 is 27.5 Å². The van der Waals surface area contributed by atoms with Gasteiger partial charge in [-0.25, -0.2) is 0 Å². The van der Waals surface area contributed by atoms with Crippen molar-refractivity contribution in [3.05, 3.63) is 33.6 Å². The topological polar surface area (TPSA) is 51.0 Å². The molecule has 6 heteroatoms. The minimum atomic E-state index is 0.0812. The fraction of sp³-hybridized carbons (Fsp3) is 0.429. The van der Waals surface area contributed by atoms with Gasteiger partial charge in [0.1, 0.15) is 0 Å². The number of hydrogen-bond acceptors (Lipinski definition) is 4. The first kappa shape index (κ1) is 15.5. The molecule has 20 heavy (non-hydrogen) atoms. The fourth-order valence-electron chi connectivity index (χ4n) is 1.67. The highest BCUT2D eigenvalue weighted by Gasteiger charge is 2.13. The minimum Gasteiger partial charge on any atom is -0.421 e. The molecule has 0 bridgehead atoms. The molecule has 2 rings (SSSR count). The minimum absolute atomic E-state index is 0.0812. The van der Waals surface area contributed by atoms with E-state index in [1.165, 1.54) is 0 Å². The van der Waals surface area contributed by atoms with Crippen LogP contribution in [0.2, 0.25) is 5.02 Å². The van der Waals surface area contributed by atoms with Crippen molar-refractivity contribution in [3.63, 3.8) is 0 Å². The van der Waals surface area contributed by atoms with Gasteiger partial charge in [-0.05, 0) is 39.0 Å². The van der Waals surface area contributed by atoms with E-state index in [1.807, 2.05) is 18.2 Å². The molecule has 0 aliphatic heterocycles. The van der Waals surface area contributed by atoms with Gasteiger partial charge >= 0.3 is 0 Å². The lowest BCUT2D eigenvalue weighted by atomic mass is 10.1. The smallest absolute Gasteiger partial charge is 0.249 e. The third-order valence-electron chi connectivity index (χ3n) is 2.62. The Morgan fingerprint density at radius 3 is 2.70 bits per heavy atom. The summed E-state index contributed by atoms with van der Waals surface area (Å²) in [6.07, 6.45) is 0.693. The molecule has 4 nitrogen and oxygen atoms in total. The summed E-state index contributed by atoms with van der Waals surface area (Å²) in [6, 6.07) is 5.56. The normalized spacial score (nSPS) is 11.8. The zero-order valence-corrected chi connectivity index (χ0v) is 14.0. The summed E-state index contributed by atoms with van der Waals surface area (Å²) < 4.78 is 6.56. The van der Waals surface area contributed by atoms with Crippen LogP contribution in [0, 0.1) is 0 Å². The number of rotatable bonds is 4.